The summed E-state index contributed by atoms with van der Waals surface area (Å²) in [4.78, 5) is 2.36. The Morgan fingerprint density at radius 1 is 0.567 bits per heavy atom. The third kappa shape index (κ3) is 7.01. The van der Waals surface area contributed by atoms with Crippen LogP contribution in [0.1, 0.15) is 79.3 Å². The van der Waals surface area contributed by atoms with Crippen molar-refractivity contribution in [1.82, 2.24) is 4.57 Å². The Balaban J connectivity index is 1.08. The van der Waals surface area contributed by atoms with Crippen LogP contribution in [0.2, 0.25) is 0 Å². The molecule has 0 bridgehead atoms. The Bertz CT molecular complexity index is 2940. The van der Waals surface area contributed by atoms with Crippen LogP contribution in [-0.2, 0) is 12.8 Å². The predicted molar refractivity (Wildman–Crippen MR) is 258 cm³/mol. The quantitative estimate of drug-likeness (QED) is 0.134. The highest BCUT2D eigenvalue weighted by atomic mass is 15.1. The second kappa shape index (κ2) is 16.2. The van der Waals surface area contributed by atoms with E-state index in [9.17, 15) is 0 Å². The van der Waals surface area contributed by atoms with Crippen molar-refractivity contribution in [1.29, 1.82) is 0 Å². The first-order chi connectivity index (χ1) is 29.5. The zero-order valence-electron chi connectivity index (χ0n) is 35.1. The van der Waals surface area contributed by atoms with Crippen molar-refractivity contribution >= 4 is 55.6 Å². The summed E-state index contributed by atoms with van der Waals surface area (Å²) in [7, 11) is 0. The molecule has 294 valence electrons. The molecule has 1 heterocycles. The van der Waals surface area contributed by atoms with Crippen molar-refractivity contribution in [2.75, 3.05) is 4.90 Å². The van der Waals surface area contributed by atoms with Crippen LogP contribution < -0.4 is 4.90 Å². The Morgan fingerprint density at radius 2 is 1.25 bits per heavy atom. The average molecular weight is 777 g/mol. The van der Waals surface area contributed by atoms with Gasteiger partial charge in [0.1, 0.15) is 0 Å². The first-order valence-corrected chi connectivity index (χ1v) is 21.9. The second-order valence-corrected chi connectivity index (χ2v) is 16.7. The average Bonchev–Trinajstić information content (AvgIpc) is 3.62. The summed E-state index contributed by atoms with van der Waals surface area (Å²) in [6, 6.07) is 59.2. The Kier molecular flexibility index (Phi) is 10.2. The van der Waals surface area contributed by atoms with E-state index < -0.39 is 0 Å². The highest BCUT2D eigenvalue weighted by Gasteiger charge is 2.23. The number of allylic oxidation sites excluding steroid dienone is 6. The van der Waals surface area contributed by atoms with Crippen LogP contribution in [-0.4, -0.2) is 4.57 Å². The summed E-state index contributed by atoms with van der Waals surface area (Å²) < 4.78 is 2.50. The second-order valence-electron chi connectivity index (χ2n) is 16.7. The molecule has 2 nitrogen and oxygen atoms in total. The van der Waals surface area contributed by atoms with Crippen molar-refractivity contribution in [3.8, 4) is 16.8 Å². The van der Waals surface area contributed by atoms with Gasteiger partial charge in [0.2, 0.25) is 0 Å². The Hall–Kier alpha value is -6.64. The molecule has 0 aliphatic heterocycles. The van der Waals surface area contributed by atoms with Gasteiger partial charge in [-0.05, 0) is 186 Å². The molecule has 10 rings (SSSR count). The van der Waals surface area contributed by atoms with Crippen molar-refractivity contribution in [2.45, 2.75) is 65.7 Å². The van der Waals surface area contributed by atoms with E-state index in [1.54, 1.807) is 0 Å². The monoisotopic (exact) mass is 776 g/mol. The fourth-order valence-electron chi connectivity index (χ4n) is 9.67. The molecule has 0 radical (unpaired) electrons. The molecule has 2 aliphatic rings. The fraction of sp³-hybridized carbons (Fsp3) is 0.172. The van der Waals surface area contributed by atoms with Gasteiger partial charge in [-0.2, -0.15) is 0 Å². The molecule has 1 aromatic heterocycles. The van der Waals surface area contributed by atoms with E-state index in [4.69, 9.17) is 0 Å². The van der Waals surface area contributed by atoms with Crippen LogP contribution in [0.5, 0.6) is 0 Å². The molecule has 0 atom stereocenters. The van der Waals surface area contributed by atoms with Crippen molar-refractivity contribution in [2.24, 2.45) is 0 Å². The number of nitrogens with zero attached hydrogens (tertiary/aromatic N) is 2. The molecule has 0 fully saturated rings. The minimum atomic E-state index is 1.04. The third-order valence-corrected chi connectivity index (χ3v) is 13.0. The molecular formula is C58H52N2. The molecule has 2 aliphatic carbocycles. The number of benzene rings is 7. The summed E-state index contributed by atoms with van der Waals surface area (Å²) in [6.07, 6.45) is 14.6. The number of hydrogen-bond donors (Lipinski definition) is 0. The van der Waals surface area contributed by atoms with Crippen LogP contribution in [0.15, 0.2) is 176 Å². The molecule has 60 heavy (non-hydrogen) atoms. The van der Waals surface area contributed by atoms with Gasteiger partial charge in [-0.1, -0.05) is 117 Å². The molecule has 7 aromatic carbocycles. The van der Waals surface area contributed by atoms with E-state index in [1.165, 1.54) is 107 Å². The van der Waals surface area contributed by atoms with Gasteiger partial charge < -0.3 is 9.47 Å². The number of rotatable bonds is 10. The standard InChI is InChI=1S/C58H52N2/c1-4-5-15-42-21-29-49(30-22-42)59(48-18-10-7-11-19-48)50-31-25-45(26-32-50)46-28-36-57-55(37-46)56-38-47-27-35-53(52-20-13-12-14-40(52)2)41(3)54(47)39-58(56)60(57)51-33-23-44(24-34-51)43-16-8-6-9-17-43/h6-8,10-14,16,18-26,28-34,36-39H,4-5,9,15,17,27,35H2,1-3H3. The van der Waals surface area contributed by atoms with Gasteiger partial charge in [0.25, 0.3) is 0 Å². The van der Waals surface area contributed by atoms with Gasteiger partial charge >= 0.3 is 0 Å². The van der Waals surface area contributed by atoms with Crippen LogP contribution in [0.4, 0.5) is 17.1 Å². The molecule has 8 aromatic rings. The summed E-state index contributed by atoms with van der Waals surface area (Å²) in [5.41, 5.74) is 22.1. The normalized spacial score (nSPS) is 13.8. The van der Waals surface area contributed by atoms with E-state index in [2.05, 4.69) is 206 Å². The Morgan fingerprint density at radius 3 is 1.98 bits per heavy atom. The lowest BCUT2D eigenvalue weighted by Crippen LogP contribution is -2.09. The molecule has 0 saturated carbocycles. The van der Waals surface area contributed by atoms with Gasteiger partial charge in [0, 0.05) is 33.5 Å². The number of para-hydroxylation sites is 1. The van der Waals surface area contributed by atoms with Crippen molar-refractivity contribution in [3.63, 3.8) is 0 Å². The first-order valence-electron chi connectivity index (χ1n) is 21.9. The molecule has 0 spiro atoms. The van der Waals surface area contributed by atoms with Gasteiger partial charge in [0.05, 0.1) is 11.0 Å². The van der Waals surface area contributed by atoms with Gasteiger partial charge in [-0.3, -0.25) is 0 Å². The third-order valence-electron chi connectivity index (χ3n) is 13.0. The first kappa shape index (κ1) is 37.6. The molecular weight excluding hydrogens is 725 g/mol. The summed E-state index contributed by atoms with van der Waals surface area (Å²) >= 11 is 0. The van der Waals surface area contributed by atoms with Crippen LogP contribution in [0.25, 0.3) is 55.3 Å². The highest BCUT2D eigenvalue weighted by Crippen LogP contribution is 2.43. The van der Waals surface area contributed by atoms with Gasteiger partial charge in [0.15, 0.2) is 0 Å². The smallest absolute Gasteiger partial charge is 0.0547 e. The van der Waals surface area contributed by atoms with Crippen molar-refractivity contribution in [3.05, 3.63) is 209 Å². The van der Waals surface area contributed by atoms with Crippen LogP contribution in [0, 0.1) is 6.92 Å². The molecule has 0 unspecified atom stereocenters. The maximum atomic E-state index is 2.51. The molecule has 0 N–H and O–H groups in total. The zero-order valence-corrected chi connectivity index (χ0v) is 35.1. The lowest BCUT2D eigenvalue weighted by atomic mass is 9.81. The summed E-state index contributed by atoms with van der Waals surface area (Å²) in [5, 5.41) is 2.61. The maximum absolute atomic E-state index is 2.51. The molecule has 2 heteroatoms. The fourth-order valence-corrected chi connectivity index (χ4v) is 9.67. The number of anilines is 3. The summed E-state index contributed by atoms with van der Waals surface area (Å²) in [5.74, 6) is 0. The molecule has 0 saturated heterocycles. The maximum Gasteiger partial charge on any atom is 0.0547 e. The van der Waals surface area contributed by atoms with Crippen LogP contribution in [0.3, 0.4) is 0 Å². The SMILES string of the molecule is CCCCc1ccc(N(c2ccccc2)c2ccc(-c3ccc4c(c3)c3cc5c(cc3n4-c3ccc(C4=CC=CCC4)cc3)C(C)=C(c3ccccc3C)CC5)cc2)cc1. The Labute approximate surface area is 355 Å². The van der Waals surface area contributed by atoms with E-state index in [0.29, 0.717) is 0 Å². The van der Waals surface area contributed by atoms with Crippen molar-refractivity contribution < 1.29 is 0 Å². The van der Waals surface area contributed by atoms with Crippen LogP contribution >= 0.6 is 0 Å². The molecule has 0 amide bonds. The minimum absolute atomic E-state index is 1.04. The predicted octanol–water partition coefficient (Wildman–Crippen LogP) is 16.2. The number of fused-ring (bicyclic) bond motifs is 4. The van der Waals surface area contributed by atoms with E-state index in [1.807, 2.05) is 0 Å². The lowest BCUT2D eigenvalue weighted by molar-refractivity contribution is 0.795. The lowest BCUT2D eigenvalue weighted by Gasteiger charge is -2.26. The zero-order chi connectivity index (χ0) is 40.6. The number of unbranched alkanes of at least 4 members (excludes halogenated alkanes) is 1. The topological polar surface area (TPSA) is 8.17 Å². The number of aryl methyl sites for hydroxylation is 3. The van der Waals surface area contributed by atoms with E-state index >= 15 is 0 Å². The van der Waals surface area contributed by atoms with Gasteiger partial charge in [-0.25, -0.2) is 0 Å². The summed E-state index contributed by atoms with van der Waals surface area (Å²) in [6.45, 7) is 6.84. The number of aromatic nitrogens is 1. The highest BCUT2D eigenvalue weighted by molar-refractivity contribution is 6.12. The number of hydrogen-bond acceptors (Lipinski definition) is 1. The van der Waals surface area contributed by atoms with E-state index in [0.717, 1.165) is 43.5 Å². The van der Waals surface area contributed by atoms with Gasteiger partial charge in [-0.15, -0.1) is 0 Å². The van der Waals surface area contributed by atoms with E-state index in [-0.39, 0.29) is 0 Å². The largest absolute Gasteiger partial charge is 0.311 e. The minimum Gasteiger partial charge on any atom is -0.311 e.